The minimum Gasteiger partial charge on any atom is -0.506 e. The van der Waals surface area contributed by atoms with Crippen molar-refractivity contribution in [1.29, 1.82) is 0 Å². The number of carbonyl (C=O) groups excluding carboxylic acids is 3. The number of aromatic nitrogens is 2. The average molecular weight is 619 g/mol. The SMILES string of the molecule is O=C(Cc1csc(-c2ncccc2O)n1)N[C@@H]1C(=O)N2C(C(=O)OC(c3ccccc3)c3ccccc3)=C(Cl)CS[C@H]12. The molecule has 1 saturated heterocycles. The molecule has 2 aliphatic heterocycles. The van der Waals surface area contributed by atoms with Crippen LogP contribution in [0.5, 0.6) is 5.75 Å². The lowest BCUT2D eigenvalue weighted by Crippen LogP contribution is -2.70. The molecular weight excluding hydrogens is 596 g/mol. The molecule has 9 nitrogen and oxygen atoms in total. The third kappa shape index (κ3) is 5.50. The summed E-state index contributed by atoms with van der Waals surface area (Å²) in [5.41, 5.74) is 2.37. The number of benzene rings is 2. The first-order chi connectivity index (χ1) is 20.4. The summed E-state index contributed by atoms with van der Waals surface area (Å²) in [5.74, 6) is -1.27. The van der Waals surface area contributed by atoms with Crippen LogP contribution in [0.2, 0.25) is 0 Å². The minimum absolute atomic E-state index is 0.00256. The molecule has 2 atom stereocenters. The van der Waals surface area contributed by atoms with Crippen LogP contribution >= 0.6 is 34.7 Å². The standard InChI is InChI=1S/C30H23ClN4O5S2/c31-20-16-42-29-24(34-22(37)14-19-15-41-27(33-19)23-21(36)12-7-13-32-23)28(38)35(29)25(20)30(39)40-26(17-8-3-1-4-9-17)18-10-5-2-6-11-18/h1-13,15,24,26,29,36H,14,16H2,(H,34,37)/t24-,29-/m1/s1. The molecular formula is C30H23ClN4O5S2. The molecule has 0 aliphatic carbocycles. The normalized spacial score (nSPS) is 18.0. The summed E-state index contributed by atoms with van der Waals surface area (Å²) >= 11 is 9.10. The van der Waals surface area contributed by atoms with E-state index in [0.29, 0.717) is 16.4 Å². The fourth-order valence-corrected chi connectivity index (χ4v) is 7.14. The first-order valence-electron chi connectivity index (χ1n) is 12.9. The van der Waals surface area contributed by atoms with Crippen LogP contribution in [0, 0.1) is 0 Å². The molecule has 0 unspecified atom stereocenters. The average Bonchev–Trinajstić information content (AvgIpc) is 3.47. The Bertz CT molecular complexity index is 1640. The molecule has 212 valence electrons. The van der Waals surface area contributed by atoms with Crippen LogP contribution in [-0.4, -0.2) is 54.9 Å². The number of rotatable bonds is 8. The van der Waals surface area contributed by atoms with Crippen LogP contribution in [0.1, 0.15) is 22.9 Å². The third-order valence-corrected chi connectivity index (χ3v) is 9.39. The topological polar surface area (TPSA) is 122 Å². The number of carbonyl (C=O) groups is 3. The number of thiazole rings is 1. The van der Waals surface area contributed by atoms with Crippen molar-refractivity contribution >= 4 is 52.5 Å². The number of esters is 1. The van der Waals surface area contributed by atoms with E-state index in [2.05, 4.69) is 15.3 Å². The van der Waals surface area contributed by atoms with E-state index in [1.54, 1.807) is 17.6 Å². The second-order valence-corrected chi connectivity index (χ2v) is 11.9. The molecule has 4 aromatic rings. The number of halogens is 1. The van der Waals surface area contributed by atoms with Gasteiger partial charge in [-0.3, -0.25) is 14.5 Å². The number of pyridine rings is 1. The molecule has 0 bridgehead atoms. The Morgan fingerprint density at radius 3 is 2.43 bits per heavy atom. The van der Waals surface area contributed by atoms with Gasteiger partial charge in [-0.2, -0.15) is 0 Å². The van der Waals surface area contributed by atoms with Gasteiger partial charge in [0.25, 0.3) is 5.91 Å². The van der Waals surface area contributed by atoms with E-state index < -0.39 is 35.3 Å². The number of nitrogens with one attached hydrogen (secondary N) is 1. The lowest BCUT2D eigenvalue weighted by Gasteiger charge is -2.49. The van der Waals surface area contributed by atoms with E-state index in [1.807, 2.05) is 60.7 Å². The maximum Gasteiger partial charge on any atom is 0.357 e. The van der Waals surface area contributed by atoms with Crippen LogP contribution < -0.4 is 5.32 Å². The number of hydrogen-bond acceptors (Lipinski definition) is 9. The maximum absolute atomic E-state index is 13.5. The molecule has 0 saturated carbocycles. The highest BCUT2D eigenvalue weighted by Crippen LogP contribution is 2.42. The molecule has 2 aliphatic rings. The zero-order valence-corrected chi connectivity index (χ0v) is 24.2. The molecule has 2 aromatic carbocycles. The van der Waals surface area contributed by atoms with Crippen LogP contribution in [0.15, 0.2) is 95.1 Å². The molecule has 0 radical (unpaired) electrons. The van der Waals surface area contributed by atoms with Crippen molar-refractivity contribution in [2.45, 2.75) is 23.9 Å². The van der Waals surface area contributed by atoms with Gasteiger partial charge in [0.15, 0.2) is 6.10 Å². The Balaban J connectivity index is 1.14. The summed E-state index contributed by atoms with van der Waals surface area (Å²) in [6.45, 7) is 0. The second kappa shape index (κ2) is 12.0. The minimum atomic E-state index is -0.827. The van der Waals surface area contributed by atoms with Gasteiger partial charge < -0.3 is 15.2 Å². The predicted molar refractivity (Wildman–Crippen MR) is 159 cm³/mol. The first kappa shape index (κ1) is 28.0. The molecule has 42 heavy (non-hydrogen) atoms. The van der Waals surface area contributed by atoms with Gasteiger partial charge in [0.05, 0.1) is 17.1 Å². The van der Waals surface area contributed by atoms with Crippen molar-refractivity contribution in [3.63, 3.8) is 0 Å². The number of amides is 2. The number of aromatic hydroxyl groups is 1. The van der Waals surface area contributed by atoms with Gasteiger partial charge in [0, 0.05) is 17.3 Å². The Hall–Kier alpha value is -4.19. The molecule has 2 N–H and O–H groups in total. The number of thioether (sulfide) groups is 1. The van der Waals surface area contributed by atoms with E-state index in [9.17, 15) is 19.5 Å². The fraction of sp³-hybridized carbons (Fsp3) is 0.167. The van der Waals surface area contributed by atoms with Gasteiger partial charge in [0.1, 0.15) is 33.6 Å². The van der Waals surface area contributed by atoms with Gasteiger partial charge >= 0.3 is 5.97 Å². The van der Waals surface area contributed by atoms with Gasteiger partial charge in [-0.25, -0.2) is 14.8 Å². The molecule has 0 spiro atoms. The van der Waals surface area contributed by atoms with E-state index in [-0.39, 0.29) is 28.7 Å². The van der Waals surface area contributed by atoms with E-state index in [1.165, 1.54) is 34.1 Å². The van der Waals surface area contributed by atoms with E-state index >= 15 is 0 Å². The number of ether oxygens (including phenoxy) is 1. The fourth-order valence-electron chi connectivity index (χ4n) is 4.77. The number of hydrogen-bond donors (Lipinski definition) is 2. The highest BCUT2D eigenvalue weighted by Gasteiger charge is 2.54. The highest BCUT2D eigenvalue weighted by atomic mass is 35.5. The summed E-state index contributed by atoms with van der Waals surface area (Å²) in [4.78, 5) is 49.5. The summed E-state index contributed by atoms with van der Waals surface area (Å²) < 4.78 is 5.97. The Kier molecular flexibility index (Phi) is 7.96. The summed E-state index contributed by atoms with van der Waals surface area (Å²) in [5, 5.41) is 14.7. The maximum atomic E-state index is 13.5. The van der Waals surface area contributed by atoms with Crippen molar-refractivity contribution in [3.05, 3.63) is 112 Å². The van der Waals surface area contributed by atoms with E-state index in [4.69, 9.17) is 16.3 Å². The predicted octanol–water partition coefficient (Wildman–Crippen LogP) is 4.64. The highest BCUT2D eigenvalue weighted by molar-refractivity contribution is 8.00. The Morgan fingerprint density at radius 2 is 1.76 bits per heavy atom. The quantitative estimate of drug-likeness (QED) is 0.216. The summed E-state index contributed by atoms with van der Waals surface area (Å²) in [6, 6.07) is 21.0. The van der Waals surface area contributed by atoms with Crippen LogP contribution in [0.25, 0.3) is 10.7 Å². The smallest absolute Gasteiger partial charge is 0.357 e. The monoisotopic (exact) mass is 618 g/mol. The van der Waals surface area contributed by atoms with Crippen molar-refractivity contribution in [3.8, 4) is 16.5 Å². The zero-order chi connectivity index (χ0) is 29.2. The number of nitrogens with zero attached hydrogens (tertiary/aromatic N) is 3. The second-order valence-electron chi connectivity index (χ2n) is 9.51. The largest absolute Gasteiger partial charge is 0.506 e. The molecule has 6 rings (SSSR count). The van der Waals surface area contributed by atoms with Gasteiger partial charge in [-0.05, 0) is 23.3 Å². The lowest BCUT2D eigenvalue weighted by molar-refractivity contribution is -0.154. The third-order valence-electron chi connectivity index (χ3n) is 6.74. The van der Waals surface area contributed by atoms with Gasteiger partial charge in [-0.1, -0.05) is 72.3 Å². The van der Waals surface area contributed by atoms with Gasteiger partial charge in [0.2, 0.25) is 5.91 Å². The van der Waals surface area contributed by atoms with Crippen LogP contribution in [-0.2, 0) is 25.5 Å². The summed E-state index contributed by atoms with van der Waals surface area (Å²) in [6.07, 6.45) is 0.784. The Labute approximate surface area is 254 Å². The molecule has 4 heterocycles. The zero-order valence-electron chi connectivity index (χ0n) is 21.8. The van der Waals surface area contributed by atoms with Crippen molar-refractivity contribution in [2.24, 2.45) is 0 Å². The Morgan fingerprint density at radius 1 is 1.07 bits per heavy atom. The summed E-state index contributed by atoms with van der Waals surface area (Å²) in [7, 11) is 0. The molecule has 12 heteroatoms. The van der Waals surface area contributed by atoms with Crippen molar-refractivity contribution < 1.29 is 24.2 Å². The first-order valence-corrected chi connectivity index (χ1v) is 15.2. The molecule has 1 fully saturated rings. The number of β-lactam (4-membered cyclic amide) rings is 1. The van der Waals surface area contributed by atoms with Crippen LogP contribution in [0.3, 0.4) is 0 Å². The van der Waals surface area contributed by atoms with Gasteiger partial charge in [-0.15, -0.1) is 23.1 Å². The van der Waals surface area contributed by atoms with Crippen molar-refractivity contribution in [2.75, 3.05) is 5.75 Å². The molecule has 2 amide bonds. The lowest BCUT2D eigenvalue weighted by atomic mass is 10.0. The molecule has 2 aromatic heterocycles. The van der Waals surface area contributed by atoms with Crippen molar-refractivity contribution in [1.82, 2.24) is 20.2 Å². The van der Waals surface area contributed by atoms with E-state index in [0.717, 1.165) is 11.1 Å². The number of fused-ring (bicyclic) bond motifs is 1. The van der Waals surface area contributed by atoms with Crippen LogP contribution in [0.4, 0.5) is 0 Å².